The van der Waals surface area contributed by atoms with Crippen LogP contribution in [0.3, 0.4) is 0 Å². The molecule has 0 unspecified atom stereocenters. The zero-order chi connectivity index (χ0) is 20.8. The molecule has 4 rings (SSSR count). The number of carbonyl (C=O) groups is 1. The zero-order valence-corrected chi connectivity index (χ0v) is 17.7. The molecule has 0 aliphatic carbocycles. The molecule has 1 fully saturated rings. The highest BCUT2D eigenvalue weighted by Crippen LogP contribution is 2.27. The lowest BCUT2D eigenvalue weighted by Crippen LogP contribution is -2.36. The number of nitrogens with zero attached hydrogens (tertiary/aromatic N) is 4. The summed E-state index contributed by atoms with van der Waals surface area (Å²) in [6.45, 7) is 3.86. The van der Waals surface area contributed by atoms with Gasteiger partial charge in [0.25, 0.3) is 0 Å². The van der Waals surface area contributed by atoms with Gasteiger partial charge in [-0.05, 0) is 37.5 Å². The van der Waals surface area contributed by atoms with Gasteiger partial charge in [0.1, 0.15) is 0 Å². The van der Waals surface area contributed by atoms with Crippen LogP contribution in [0.15, 0.2) is 60.0 Å². The molecule has 1 N–H and O–H groups in total. The lowest BCUT2D eigenvalue weighted by Gasteiger charge is -2.15. The number of hydrogen-bond donors (Lipinski definition) is 1. The standard InChI is InChI=1S/C22H25N5O2S/c1-16(21(28)24-14-19-8-5-13-29-19)30-22-26-25-20(18-9-11-23-12-10-18)27(22)15-17-6-3-2-4-7-17/h2-4,6-7,9-12,16,19H,5,8,13-15H2,1H3,(H,24,28)/t16-,19-/m0/s1. The van der Waals surface area contributed by atoms with Crippen molar-refractivity contribution in [3.8, 4) is 11.4 Å². The fraction of sp³-hybridized carbons (Fsp3) is 0.364. The lowest BCUT2D eigenvalue weighted by atomic mass is 10.2. The molecule has 0 spiro atoms. The summed E-state index contributed by atoms with van der Waals surface area (Å²) in [6, 6.07) is 14.0. The van der Waals surface area contributed by atoms with Crippen molar-refractivity contribution >= 4 is 17.7 Å². The van der Waals surface area contributed by atoms with E-state index in [9.17, 15) is 4.79 Å². The first-order valence-electron chi connectivity index (χ1n) is 10.1. The van der Waals surface area contributed by atoms with Crippen LogP contribution in [0, 0.1) is 0 Å². The second-order valence-corrected chi connectivity index (χ2v) is 8.56. The van der Waals surface area contributed by atoms with Crippen LogP contribution in [0.25, 0.3) is 11.4 Å². The Hall–Kier alpha value is -2.71. The molecule has 8 heteroatoms. The smallest absolute Gasteiger partial charge is 0.233 e. The van der Waals surface area contributed by atoms with Gasteiger partial charge >= 0.3 is 0 Å². The van der Waals surface area contributed by atoms with Gasteiger partial charge in [-0.1, -0.05) is 42.1 Å². The van der Waals surface area contributed by atoms with E-state index in [4.69, 9.17) is 4.74 Å². The van der Waals surface area contributed by atoms with Crippen molar-refractivity contribution in [2.45, 2.75) is 42.8 Å². The van der Waals surface area contributed by atoms with Gasteiger partial charge in [0.15, 0.2) is 11.0 Å². The SMILES string of the molecule is C[C@H](Sc1nnc(-c2ccncc2)n1Cc1ccccc1)C(=O)NC[C@@H]1CCCO1. The van der Waals surface area contributed by atoms with Gasteiger partial charge in [-0.25, -0.2) is 0 Å². The number of carbonyl (C=O) groups excluding carboxylic acids is 1. The average molecular weight is 424 g/mol. The van der Waals surface area contributed by atoms with Gasteiger partial charge in [0.05, 0.1) is 17.9 Å². The van der Waals surface area contributed by atoms with Crippen LogP contribution < -0.4 is 5.32 Å². The Morgan fingerprint density at radius 2 is 2.03 bits per heavy atom. The Morgan fingerprint density at radius 3 is 2.77 bits per heavy atom. The Kier molecular flexibility index (Phi) is 6.76. The monoisotopic (exact) mass is 423 g/mol. The van der Waals surface area contributed by atoms with Crippen molar-refractivity contribution in [3.63, 3.8) is 0 Å². The van der Waals surface area contributed by atoms with Crippen LogP contribution in [0.1, 0.15) is 25.3 Å². The molecule has 0 radical (unpaired) electrons. The first kappa shape index (κ1) is 20.6. The van der Waals surface area contributed by atoms with E-state index in [1.54, 1.807) is 12.4 Å². The van der Waals surface area contributed by atoms with Crippen molar-refractivity contribution in [3.05, 3.63) is 60.4 Å². The molecule has 1 aliphatic rings. The zero-order valence-electron chi connectivity index (χ0n) is 16.9. The second-order valence-electron chi connectivity index (χ2n) is 7.25. The third-order valence-electron chi connectivity index (χ3n) is 5.02. The summed E-state index contributed by atoms with van der Waals surface area (Å²) in [5.74, 6) is 0.742. The lowest BCUT2D eigenvalue weighted by molar-refractivity contribution is -0.120. The summed E-state index contributed by atoms with van der Waals surface area (Å²) >= 11 is 1.42. The van der Waals surface area contributed by atoms with E-state index < -0.39 is 0 Å². The van der Waals surface area contributed by atoms with E-state index in [0.717, 1.165) is 36.4 Å². The molecule has 30 heavy (non-hydrogen) atoms. The minimum absolute atomic E-state index is 0.0183. The number of thioether (sulfide) groups is 1. The predicted octanol–water partition coefficient (Wildman–Crippen LogP) is 3.16. The number of amides is 1. The molecule has 1 aliphatic heterocycles. The van der Waals surface area contributed by atoms with Gasteiger partial charge < -0.3 is 10.1 Å². The Labute approximate surface area is 180 Å². The maximum atomic E-state index is 12.6. The Morgan fingerprint density at radius 1 is 1.23 bits per heavy atom. The van der Waals surface area contributed by atoms with E-state index >= 15 is 0 Å². The maximum absolute atomic E-state index is 12.6. The summed E-state index contributed by atoms with van der Waals surface area (Å²) in [5.41, 5.74) is 2.08. The largest absolute Gasteiger partial charge is 0.376 e. The number of rotatable bonds is 8. The number of ether oxygens (including phenoxy) is 1. The van der Waals surface area contributed by atoms with Gasteiger partial charge in [0.2, 0.25) is 5.91 Å². The van der Waals surface area contributed by atoms with E-state index in [2.05, 4.69) is 37.2 Å². The number of aromatic nitrogens is 4. The van der Waals surface area contributed by atoms with Crippen LogP contribution in [-0.2, 0) is 16.1 Å². The maximum Gasteiger partial charge on any atom is 0.233 e. The van der Waals surface area contributed by atoms with Crippen molar-refractivity contribution in [1.29, 1.82) is 0 Å². The van der Waals surface area contributed by atoms with Gasteiger partial charge in [-0.3, -0.25) is 14.3 Å². The molecule has 2 atom stereocenters. The summed E-state index contributed by atoms with van der Waals surface area (Å²) in [5, 5.41) is 12.2. The molecule has 1 amide bonds. The second kappa shape index (κ2) is 9.86. The number of hydrogen-bond acceptors (Lipinski definition) is 6. The van der Waals surface area contributed by atoms with Crippen LogP contribution >= 0.6 is 11.8 Å². The molecule has 1 saturated heterocycles. The first-order chi connectivity index (χ1) is 14.7. The molecule has 3 heterocycles. The third kappa shape index (κ3) is 5.06. The topological polar surface area (TPSA) is 81.9 Å². The average Bonchev–Trinajstić information content (AvgIpc) is 3.44. The highest BCUT2D eigenvalue weighted by molar-refractivity contribution is 8.00. The van der Waals surface area contributed by atoms with Gasteiger partial charge in [-0.2, -0.15) is 0 Å². The fourth-order valence-electron chi connectivity index (χ4n) is 3.37. The highest BCUT2D eigenvalue weighted by Gasteiger charge is 2.23. The van der Waals surface area contributed by atoms with Gasteiger partial charge in [0, 0.05) is 31.1 Å². The highest BCUT2D eigenvalue weighted by atomic mass is 32.2. The summed E-state index contributed by atoms with van der Waals surface area (Å²) in [7, 11) is 0. The molecule has 1 aromatic carbocycles. The molecule has 7 nitrogen and oxygen atoms in total. The summed E-state index contributed by atoms with van der Waals surface area (Å²) in [6.07, 6.45) is 5.68. The van der Waals surface area contributed by atoms with Crippen molar-refractivity contribution in [2.75, 3.05) is 13.2 Å². The number of nitrogens with one attached hydrogen (secondary N) is 1. The summed E-state index contributed by atoms with van der Waals surface area (Å²) < 4.78 is 7.64. The third-order valence-corrected chi connectivity index (χ3v) is 6.10. The van der Waals surface area contributed by atoms with E-state index in [1.165, 1.54) is 11.8 Å². The van der Waals surface area contributed by atoms with E-state index in [1.807, 2.05) is 37.3 Å². The summed E-state index contributed by atoms with van der Waals surface area (Å²) in [4.78, 5) is 16.7. The predicted molar refractivity (Wildman–Crippen MR) is 116 cm³/mol. The van der Waals surface area contributed by atoms with Crippen LogP contribution in [-0.4, -0.2) is 50.2 Å². The van der Waals surface area contributed by atoms with E-state index in [-0.39, 0.29) is 17.3 Å². The van der Waals surface area contributed by atoms with Crippen LogP contribution in [0.5, 0.6) is 0 Å². The molecule has 3 aromatic rings. The fourth-order valence-corrected chi connectivity index (χ4v) is 4.25. The molecule has 0 saturated carbocycles. The Balaban J connectivity index is 1.51. The minimum atomic E-state index is -0.296. The molecular formula is C22H25N5O2S. The minimum Gasteiger partial charge on any atom is -0.376 e. The number of pyridine rings is 1. The van der Waals surface area contributed by atoms with Crippen molar-refractivity contribution in [2.24, 2.45) is 0 Å². The van der Waals surface area contributed by atoms with Crippen molar-refractivity contribution in [1.82, 2.24) is 25.1 Å². The van der Waals surface area contributed by atoms with E-state index in [0.29, 0.717) is 18.2 Å². The van der Waals surface area contributed by atoms with Crippen LogP contribution in [0.2, 0.25) is 0 Å². The first-order valence-corrected chi connectivity index (χ1v) is 11.0. The molecule has 2 aromatic heterocycles. The number of benzene rings is 1. The Bertz CT molecular complexity index is 958. The normalized spacial score (nSPS) is 17.0. The van der Waals surface area contributed by atoms with Gasteiger partial charge in [-0.15, -0.1) is 10.2 Å². The molecule has 156 valence electrons. The van der Waals surface area contributed by atoms with Crippen molar-refractivity contribution < 1.29 is 9.53 Å². The quantitative estimate of drug-likeness (QED) is 0.561. The molecular weight excluding hydrogens is 398 g/mol. The molecule has 0 bridgehead atoms. The van der Waals surface area contributed by atoms with Crippen LogP contribution in [0.4, 0.5) is 0 Å².